The van der Waals surface area contributed by atoms with Crippen LogP contribution in [0, 0.1) is 17.8 Å². The van der Waals surface area contributed by atoms with E-state index in [0.717, 1.165) is 12.8 Å². The molecular formula is C18H34O6. The summed E-state index contributed by atoms with van der Waals surface area (Å²) in [5, 5.41) is 8.54. The fourth-order valence-electron chi connectivity index (χ4n) is 3.11. The van der Waals surface area contributed by atoms with Crippen molar-refractivity contribution in [3.8, 4) is 0 Å². The molecule has 142 valence electrons. The van der Waals surface area contributed by atoms with Crippen molar-refractivity contribution >= 4 is 5.97 Å². The first-order valence-electron chi connectivity index (χ1n) is 9.08. The van der Waals surface area contributed by atoms with Gasteiger partial charge in [-0.2, -0.15) is 0 Å². The largest absolute Gasteiger partial charge is 0.460 e. The number of ether oxygens (including phenoxy) is 4. The van der Waals surface area contributed by atoms with Gasteiger partial charge in [0, 0.05) is 0 Å². The molecular weight excluding hydrogens is 312 g/mol. The van der Waals surface area contributed by atoms with Gasteiger partial charge in [0.1, 0.15) is 12.7 Å². The number of aliphatic hydroxyl groups is 1. The van der Waals surface area contributed by atoms with Crippen molar-refractivity contribution in [2.45, 2.75) is 46.1 Å². The second kappa shape index (κ2) is 12.6. The van der Waals surface area contributed by atoms with Crippen LogP contribution in [0.2, 0.25) is 0 Å². The van der Waals surface area contributed by atoms with Crippen LogP contribution in [0.1, 0.15) is 40.0 Å². The van der Waals surface area contributed by atoms with Crippen LogP contribution in [0.4, 0.5) is 0 Å². The average molecular weight is 346 g/mol. The van der Waals surface area contributed by atoms with Crippen LogP contribution in [-0.2, 0) is 23.7 Å². The summed E-state index contributed by atoms with van der Waals surface area (Å²) in [5.74, 6) is 1.30. The Balaban J connectivity index is 2.10. The van der Waals surface area contributed by atoms with Crippen molar-refractivity contribution in [2.24, 2.45) is 17.8 Å². The third-order valence-corrected chi connectivity index (χ3v) is 4.44. The monoisotopic (exact) mass is 346 g/mol. The van der Waals surface area contributed by atoms with Gasteiger partial charge in [-0.05, 0) is 30.6 Å². The number of hydrogen-bond acceptors (Lipinski definition) is 6. The van der Waals surface area contributed by atoms with Crippen LogP contribution >= 0.6 is 0 Å². The molecule has 1 aliphatic rings. The van der Waals surface area contributed by atoms with Crippen molar-refractivity contribution in [3.63, 3.8) is 0 Å². The maximum atomic E-state index is 12.0. The Hall–Kier alpha value is -0.690. The summed E-state index contributed by atoms with van der Waals surface area (Å²) in [4.78, 5) is 12.0. The first kappa shape index (κ1) is 21.4. The molecule has 0 bridgehead atoms. The lowest BCUT2D eigenvalue weighted by Gasteiger charge is -2.36. The quantitative estimate of drug-likeness (QED) is 0.430. The standard InChI is InChI=1S/C18H34O6/c1-14(2)16-5-4-15(3)12-17(16)24-18(20)13-23-11-10-22-9-8-21-7-6-19/h14-17,19H,4-13H2,1-3H3. The van der Waals surface area contributed by atoms with Gasteiger partial charge in [0.05, 0.1) is 39.6 Å². The maximum absolute atomic E-state index is 12.0. The van der Waals surface area contributed by atoms with E-state index >= 15 is 0 Å². The third-order valence-electron chi connectivity index (χ3n) is 4.44. The normalized spacial score (nSPS) is 24.3. The zero-order chi connectivity index (χ0) is 17.8. The summed E-state index contributed by atoms with van der Waals surface area (Å²) in [7, 11) is 0. The Morgan fingerprint density at radius 2 is 1.67 bits per heavy atom. The lowest BCUT2D eigenvalue weighted by Crippen LogP contribution is -2.36. The minimum Gasteiger partial charge on any atom is -0.460 e. The zero-order valence-corrected chi connectivity index (χ0v) is 15.4. The average Bonchev–Trinajstić information content (AvgIpc) is 2.53. The third kappa shape index (κ3) is 8.97. The predicted molar refractivity (Wildman–Crippen MR) is 90.8 cm³/mol. The molecule has 1 aliphatic carbocycles. The molecule has 1 N–H and O–H groups in total. The highest BCUT2D eigenvalue weighted by molar-refractivity contribution is 5.70. The van der Waals surface area contributed by atoms with E-state index in [4.69, 9.17) is 24.1 Å². The second-order valence-electron chi connectivity index (χ2n) is 6.86. The lowest BCUT2D eigenvalue weighted by molar-refractivity contribution is -0.161. The molecule has 0 aromatic heterocycles. The molecule has 0 saturated heterocycles. The SMILES string of the molecule is CC1CCC(C(C)C)C(OC(=O)COCCOCCOCCO)C1. The Bertz CT molecular complexity index is 333. The minimum absolute atomic E-state index is 0.0165. The van der Waals surface area contributed by atoms with Crippen molar-refractivity contribution in [3.05, 3.63) is 0 Å². The van der Waals surface area contributed by atoms with E-state index in [2.05, 4.69) is 20.8 Å². The summed E-state index contributed by atoms with van der Waals surface area (Å²) in [6, 6.07) is 0. The highest BCUT2D eigenvalue weighted by atomic mass is 16.6. The fourth-order valence-corrected chi connectivity index (χ4v) is 3.11. The highest BCUT2D eigenvalue weighted by Crippen LogP contribution is 2.35. The van der Waals surface area contributed by atoms with Crippen molar-refractivity contribution in [2.75, 3.05) is 46.2 Å². The number of hydrogen-bond donors (Lipinski definition) is 1. The van der Waals surface area contributed by atoms with Crippen LogP contribution in [-0.4, -0.2) is 63.4 Å². The summed E-state index contributed by atoms with van der Waals surface area (Å²) >= 11 is 0. The van der Waals surface area contributed by atoms with Gasteiger partial charge in [-0.1, -0.05) is 27.2 Å². The predicted octanol–water partition coefficient (Wildman–Crippen LogP) is 2.03. The second-order valence-corrected chi connectivity index (χ2v) is 6.86. The molecule has 1 saturated carbocycles. The van der Waals surface area contributed by atoms with Gasteiger partial charge in [0.2, 0.25) is 0 Å². The Labute approximate surface area is 145 Å². The van der Waals surface area contributed by atoms with E-state index < -0.39 is 0 Å². The summed E-state index contributed by atoms with van der Waals surface area (Å²) in [6.45, 7) is 8.57. The van der Waals surface area contributed by atoms with E-state index in [1.165, 1.54) is 6.42 Å². The molecule has 1 fully saturated rings. The molecule has 0 radical (unpaired) electrons. The number of aliphatic hydroxyl groups excluding tert-OH is 1. The molecule has 0 aromatic carbocycles. The number of carbonyl (C=O) groups is 1. The molecule has 3 unspecified atom stereocenters. The van der Waals surface area contributed by atoms with Crippen LogP contribution in [0.5, 0.6) is 0 Å². The van der Waals surface area contributed by atoms with Crippen LogP contribution < -0.4 is 0 Å². The van der Waals surface area contributed by atoms with Crippen molar-refractivity contribution in [1.29, 1.82) is 0 Å². The van der Waals surface area contributed by atoms with E-state index in [-0.39, 0.29) is 25.3 Å². The molecule has 0 spiro atoms. The molecule has 0 aliphatic heterocycles. The molecule has 0 amide bonds. The molecule has 6 heteroatoms. The van der Waals surface area contributed by atoms with Crippen LogP contribution in [0.3, 0.4) is 0 Å². The number of rotatable bonds is 12. The van der Waals surface area contributed by atoms with Gasteiger partial charge in [-0.25, -0.2) is 4.79 Å². The fraction of sp³-hybridized carbons (Fsp3) is 0.944. The molecule has 0 heterocycles. The van der Waals surface area contributed by atoms with Crippen molar-refractivity contribution < 1.29 is 28.8 Å². The smallest absolute Gasteiger partial charge is 0.332 e. The molecule has 6 nitrogen and oxygen atoms in total. The summed E-state index contributed by atoms with van der Waals surface area (Å²) < 4.78 is 21.3. The highest BCUT2D eigenvalue weighted by Gasteiger charge is 2.33. The number of carbonyl (C=O) groups excluding carboxylic acids is 1. The molecule has 1 rings (SSSR count). The Morgan fingerprint density at radius 1 is 1.04 bits per heavy atom. The van der Waals surface area contributed by atoms with Crippen LogP contribution in [0.25, 0.3) is 0 Å². The Morgan fingerprint density at radius 3 is 2.29 bits per heavy atom. The van der Waals surface area contributed by atoms with E-state index in [0.29, 0.717) is 50.8 Å². The van der Waals surface area contributed by atoms with Gasteiger partial charge in [-0.3, -0.25) is 0 Å². The van der Waals surface area contributed by atoms with Gasteiger partial charge >= 0.3 is 5.97 Å². The van der Waals surface area contributed by atoms with Crippen LogP contribution in [0.15, 0.2) is 0 Å². The minimum atomic E-state index is -0.286. The maximum Gasteiger partial charge on any atom is 0.332 e. The first-order chi connectivity index (χ1) is 11.5. The van der Waals surface area contributed by atoms with E-state index in [1.54, 1.807) is 0 Å². The first-order valence-corrected chi connectivity index (χ1v) is 9.08. The topological polar surface area (TPSA) is 74.2 Å². The molecule has 24 heavy (non-hydrogen) atoms. The Kier molecular flexibility index (Phi) is 11.2. The summed E-state index contributed by atoms with van der Waals surface area (Å²) in [5.41, 5.74) is 0. The molecule has 0 aromatic rings. The van der Waals surface area contributed by atoms with Gasteiger partial charge in [-0.15, -0.1) is 0 Å². The van der Waals surface area contributed by atoms with E-state index in [1.807, 2.05) is 0 Å². The number of esters is 1. The van der Waals surface area contributed by atoms with Gasteiger partial charge < -0.3 is 24.1 Å². The molecule has 3 atom stereocenters. The van der Waals surface area contributed by atoms with Gasteiger partial charge in [0.25, 0.3) is 0 Å². The van der Waals surface area contributed by atoms with Gasteiger partial charge in [0.15, 0.2) is 0 Å². The van der Waals surface area contributed by atoms with E-state index in [9.17, 15) is 4.79 Å². The van der Waals surface area contributed by atoms with Crippen molar-refractivity contribution in [1.82, 2.24) is 0 Å². The lowest BCUT2D eigenvalue weighted by atomic mass is 9.75. The zero-order valence-electron chi connectivity index (χ0n) is 15.4. The summed E-state index contributed by atoms with van der Waals surface area (Å²) in [6.07, 6.45) is 3.31.